The number of hydrogen-bond acceptors (Lipinski definition) is 1. The SMILES string of the molecule is CC1(C)C[C@H]2[C@H]1CC[C@]1(C)CCC[C@@]2(Oc2ccccc2)C1. The van der Waals surface area contributed by atoms with Gasteiger partial charge >= 0.3 is 0 Å². The Labute approximate surface area is 135 Å². The lowest BCUT2D eigenvalue weighted by Gasteiger charge is -2.59. The molecular formula is C21H30O. The molecule has 0 spiro atoms. The molecule has 0 saturated heterocycles. The maximum absolute atomic E-state index is 6.79. The Bertz CT molecular complexity index is 548. The van der Waals surface area contributed by atoms with Crippen molar-refractivity contribution in [2.75, 3.05) is 0 Å². The smallest absolute Gasteiger partial charge is 0.120 e. The van der Waals surface area contributed by atoms with Crippen molar-refractivity contribution < 1.29 is 4.74 Å². The van der Waals surface area contributed by atoms with Crippen molar-refractivity contribution in [1.82, 2.24) is 0 Å². The van der Waals surface area contributed by atoms with Crippen LogP contribution >= 0.6 is 0 Å². The second-order valence-corrected chi connectivity index (χ2v) is 9.27. The van der Waals surface area contributed by atoms with Gasteiger partial charge in [-0.3, -0.25) is 0 Å². The van der Waals surface area contributed by atoms with Gasteiger partial charge in [-0.15, -0.1) is 0 Å². The van der Waals surface area contributed by atoms with E-state index >= 15 is 0 Å². The molecule has 1 nitrogen and oxygen atoms in total. The molecule has 4 atom stereocenters. The highest BCUT2D eigenvalue weighted by atomic mass is 16.5. The largest absolute Gasteiger partial charge is 0.487 e. The van der Waals surface area contributed by atoms with Gasteiger partial charge in [-0.25, -0.2) is 0 Å². The van der Waals surface area contributed by atoms with E-state index in [1.54, 1.807) is 0 Å². The molecule has 1 heteroatoms. The lowest BCUT2D eigenvalue weighted by atomic mass is 9.49. The molecule has 0 heterocycles. The molecule has 3 aliphatic rings. The van der Waals surface area contributed by atoms with Crippen LogP contribution < -0.4 is 4.74 Å². The summed E-state index contributed by atoms with van der Waals surface area (Å²) in [6.07, 6.45) is 9.42. The third-order valence-corrected chi connectivity index (χ3v) is 7.14. The second kappa shape index (κ2) is 4.76. The first kappa shape index (κ1) is 14.6. The predicted molar refractivity (Wildman–Crippen MR) is 91.0 cm³/mol. The van der Waals surface area contributed by atoms with Crippen LogP contribution in [0.3, 0.4) is 0 Å². The molecule has 0 radical (unpaired) electrons. The summed E-state index contributed by atoms with van der Waals surface area (Å²) < 4.78 is 6.79. The molecule has 3 saturated carbocycles. The highest BCUT2D eigenvalue weighted by Gasteiger charge is 2.62. The van der Waals surface area contributed by atoms with Crippen molar-refractivity contribution in [3.05, 3.63) is 30.3 Å². The van der Waals surface area contributed by atoms with Crippen molar-refractivity contribution in [3.8, 4) is 5.75 Å². The van der Waals surface area contributed by atoms with Crippen LogP contribution in [0.2, 0.25) is 0 Å². The normalized spacial score (nSPS) is 42.7. The molecule has 0 aliphatic heterocycles. The summed E-state index contributed by atoms with van der Waals surface area (Å²) in [5.41, 5.74) is 1.12. The zero-order valence-corrected chi connectivity index (χ0v) is 14.4. The topological polar surface area (TPSA) is 9.23 Å². The summed E-state index contributed by atoms with van der Waals surface area (Å²) in [5.74, 6) is 2.71. The minimum Gasteiger partial charge on any atom is -0.487 e. The van der Waals surface area contributed by atoms with Gasteiger partial charge in [0.2, 0.25) is 0 Å². The average Bonchev–Trinajstić information content (AvgIpc) is 2.52. The van der Waals surface area contributed by atoms with Gasteiger partial charge in [-0.1, -0.05) is 39.0 Å². The molecule has 0 amide bonds. The van der Waals surface area contributed by atoms with Gasteiger partial charge in [-0.2, -0.15) is 0 Å². The number of hydrogen-bond donors (Lipinski definition) is 0. The Morgan fingerprint density at radius 1 is 0.955 bits per heavy atom. The average molecular weight is 298 g/mol. The zero-order chi connectivity index (χ0) is 15.4. The Balaban J connectivity index is 1.70. The number of fused-ring (bicyclic) bond motifs is 4. The van der Waals surface area contributed by atoms with E-state index in [4.69, 9.17) is 4.74 Å². The monoisotopic (exact) mass is 298 g/mol. The third kappa shape index (κ3) is 2.20. The van der Waals surface area contributed by atoms with Gasteiger partial charge in [0, 0.05) is 5.92 Å². The van der Waals surface area contributed by atoms with E-state index in [1.807, 2.05) is 0 Å². The quantitative estimate of drug-likeness (QED) is 0.666. The van der Waals surface area contributed by atoms with Crippen LogP contribution in [0.5, 0.6) is 5.75 Å². The minimum atomic E-state index is 0.102. The molecule has 0 aromatic heterocycles. The van der Waals surface area contributed by atoms with Crippen LogP contribution in [-0.2, 0) is 0 Å². The summed E-state index contributed by atoms with van der Waals surface area (Å²) in [4.78, 5) is 0. The van der Waals surface area contributed by atoms with E-state index in [1.165, 1.54) is 44.9 Å². The summed E-state index contributed by atoms with van der Waals surface area (Å²) >= 11 is 0. The number of benzene rings is 1. The van der Waals surface area contributed by atoms with E-state index in [0.717, 1.165) is 17.6 Å². The number of ether oxygens (including phenoxy) is 1. The van der Waals surface area contributed by atoms with Crippen molar-refractivity contribution in [2.24, 2.45) is 22.7 Å². The Morgan fingerprint density at radius 3 is 2.45 bits per heavy atom. The first-order chi connectivity index (χ1) is 10.4. The van der Waals surface area contributed by atoms with Crippen LogP contribution in [0, 0.1) is 22.7 Å². The van der Waals surface area contributed by atoms with Gasteiger partial charge < -0.3 is 4.74 Å². The summed E-state index contributed by atoms with van der Waals surface area (Å²) in [6.45, 7) is 7.47. The number of rotatable bonds is 2. The molecule has 120 valence electrons. The summed E-state index contributed by atoms with van der Waals surface area (Å²) in [6, 6.07) is 10.6. The van der Waals surface area contributed by atoms with Crippen LogP contribution in [0.1, 0.15) is 65.7 Å². The van der Waals surface area contributed by atoms with Gasteiger partial charge in [0.1, 0.15) is 11.4 Å². The minimum absolute atomic E-state index is 0.102. The third-order valence-electron chi connectivity index (χ3n) is 7.14. The summed E-state index contributed by atoms with van der Waals surface area (Å²) in [5, 5.41) is 0. The molecule has 1 aromatic carbocycles. The molecule has 22 heavy (non-hydrogen) atoms. The van der Waals surface area contributed by atoms with Crippen LogP contribution in [0.25, 0.3) is 0 Å². The Morgan fingerprint density at radius 2 is 1.73 bits per heavy atom. The van der Waals surface area contributed by atoms with Crippen LogP contribution in [0.15, 0.2) is 30.3 Å². The van der Waals surface area contributed by atoms with E-state index in [0.29, 0.717) is 10.8 Å². The summed E-state index contributed by atoms with van der Waals surface area (Å²) in [7, 11) is 0. The van der Waals surface area contributed by atoms with Gasteiger partial charge in [0.25, 0.3) is 0 Å². The van der Waals surface area contributed by atoms with E-state index in [2.05, 4.69) is 51.1 Å². The first-order valence-electron chi connectivity index (χ1n) is 9.17. The highest BCUT2D eigenvalue weighted by Crippen LogP contribution is 2.65. The molecular weight excluding hydrogens is 268 g/mol. The van der Waals surface area contributed by atoms with Crippen LogP contribution in [-0.4, -0.2) is 5.60 Å². The molecule has 3 aliphatic carbocycles. The number of para-hydroxylation sites is 1. The predicted octanol–water partition coefficient (Wildman–Crippen LogP) is 5.84. The fraction of sp³-hybridized carbons (Fsp3) is 0.714. The van der Waals surface area contributed by atoms with Crippen molar-refractivity contribution in [3.63, 3.8) is 0 Å². The highest BCUT2D eigenvalue weighted by molar-refractivity contribution is 5.24. The standard InChI is InChI=1S/C21H30O/c1-19(2)14-18-17(19)10-13-20(3)11-7-12-21(18,15-20)22-16-8-5-4-6-9-16/h4-6,8-9,17-18H,7,10-15H2,1-3H3/t17-,18+,20+,21-/m1/s1. The second-order valence-electron chi connectivity index (χ2n) is 9.27. The Hall–Kier alpha value is -0.980. The van der Waals surface area contributed by atoms with Gasteiger partial charge in [0.15, 0.2) is 0 Å². The molecule has 2 bridgehead atoms. The first-order valence-corrected chi connectivity index (χ1v) is 9.17. The van der Waals surface area contributed by atoms with E-state index in [9.17, 15) is 0 Å². The lowest BCUT2D eigenvalue weighted by molar-refractivity contribution is -0.146. The van der Waals surface area contributed by atoms with E-state index < -0.39 is 0 Å². The van der Waals surface area contributed by atoms with Gasteiger partial charge in [0.05, 0.1) is 0 Å². The van der Waals surface area contributed by atoms with Gasteiger partial charge in [-0.05, 0) is 73.8 Å². The zero-order valence-electron chi connectivity index (χ0n) is 14.4. The van der Waals surface area contributed by atoms with Crippen molar-refractivity contribution >= 4 is 0 Å². The molecule has 1 aromatic rings. The fourth-order valence-corrected chi connectivity index (χ4v) is 6.02. The Kier molecular flexibility index (Phi) is 3.16. The van der Waals surface area contributed by atoms with Crippen molar-refractivity contribution in [1.29, 1.82) is 0 Å². The van der Waals surface area contributed by atoms with Crippen molar-refractivity contribution in [2.45, 2.75) is 71.3 Å². The fourth-order valence-electron chi connectivity index (χ4n) is 6.02. The molecule has 4 rings (SSSR count). The van der Waals surface area contributed by atoms with Crippen LogP contribution in [0.4, 0.5) is 0 Å². The molecule has 0 unspecified atom stereocenters. The molecule has 0 N–H and O–H groups in total. The maximum Gasteiger partial charge on any atom is 0.120 e. The lowest BCUT2D eigenvalue weighted by Crippen LogP contribution is -2.59. The van der Waals surface area contributed by atoms with E-state index in [-0.39, 0.29) is 5.60 Å². The maximum atomic E-state index is 6.79. The molecule has 3 fully saturated rings.